The summed E-state index contributed by atoms with van der Waals surface area (Å²) >= 11 is 0. The van der Waals surface area contributed by atoms with Gasteiger partial charge in [0.05, 0.1) is 0 Å². The molecule has 3 heterocycles. The summed E-state index contributed by atoms with van der Waals surface area (Å²) in [5, 5.41) is 7.69. The molecule has 138 valence electrons. The lowest BCUT2D eigenvalue weighted by Crippen LogP contribution is -2.47. The van der Waals surface area contributed by atoms with Crippen molar-refractivity contribution < 1.29 is 9.18 Å². The second-order valence-corrected chi connectivity index (χ2v) is 7.20. The van der Waals surface area contributed by atoms with Crippen molar-refractivity contribution in [2.75, 3.05) is 13.1 Å². The summed E-state index contributed by atoms with van der Waals surface area (Å²) in [6, 6.07) is 7.10. The van der Waals surface area contributed by atoms with Gasteiger partial charge in [0.1, 0.15) is 25.0 Å². The van der Waals surface area contributed by atoms with E-state index >= 15 is 0 Å². The largest absolute Gasteiger partial charge is 0.336 e. The van der Waals surface area contributed by atoms with E-state index in [9.17, 15) is 9.18 Å². The maximum Gasteiger partial charge on any atom is 0.244 e. The first kappa shape index (κ1) is 17.1. The highest BCUT2D eigenvalue weighted by Gasteiger charge is 2.44. The molecule has 0 unspecified atom stereocenters. The number of nitrogens with one attached hydrogen (secondary N) is 1. The summed E-state index contributed by atoms with van der Waals surface area (Å²) in [7, 11) is 0. The normalized spacial score (nSPS) is 26.2. The molecule has 4 rings (SSSR count). The molecule has 1 aromatic heterocycles. The Balaban J connectivity index is 1.60. The number of fused-ring (bicyclic) bond motifs is 1. The zero-order chi connectivity index (χ0) is 17.9. The van der Waals surface area contributed by atoms with E-state index in [0.717, 1.165) is 31.4 Å². The van der Waals surface area contributed by atoms with Crippen LogP contribution in [0.5, 0.6) is 0 Å². The minimum absolute atomic E-state index is 0.0479. The highest BCUT2D eigenvalue weighted by Crippen LogP contribution is 2.36. The molecule has 0 bridgehead atoms. The van der Waals surface area contributed by atoms with E-state index in [1.807, 2.05) is 11.0 Å². The molecule has 7 heteroatoms. The molecule has 2 saturated heterocycles. The van der Waals surface area contributed by atoms with Crippen LogP contribution < -0.4 is 5.32 Å². The van der Waals surface area contributed by atoms with Crippen molar-refractivity contribution in [3.63, 3.8) is 0 Å². The second kappa shape index (κ2) is 7.53. The molecule has 1 amide bonds. The van der Waals surface area contributed by atoms with Gasteiger partial charge in [-0.15, -0.1) is 0 Å². The number of likely N-dealkylation sites (tertiary alicyclic amines) is 1. The maximum atomic E-state index is 13.8. The van der Waals surface area contributed by atoms with Crippen LogP contribution in [0.3, 0.4) is 0 Å². The molecule has 26 heavy (non-hydrogen) atoms. The van der Waals surface area contributed by atoms with Crippen molar-refractivity contribution in [1.29, 1.82) is 0 Å². The predicted octanol–water partition coefficient (Wildman–Crippen LogP) is 1.94. The van der Waals surface area contributed by atoms with Crippen LogP contribution in [-0.2, 0) is 11.3 Å². The number of carbonyl (C=O) groups is 1. The summed E-state index contributed by atoms with van der Waals surface area (Å²) < 4.78 is 15.3. The summed E-state index contributed by atoms with van der Waals surface area (Å²) in [6.07, 6.45) is 7.41. The third-order valence-corrected chi connectivity index (χ3v) is 5.56. The minimum Gasteiger partial charge on any atom is -0.336 e. The molecule has 0 radical (unpaired) electrons. The van der Waals surface area contributed by atoms with Crippen LogP contribution in [-0.4, -0.2) is 50.7 Å². The van der Waals surface area contributed by atoms with Crippen LogP contribution in [0, 0.1) is 5.82 Å². The van der Waals surface area contributed by atoms with Crippen LogP contribution >= 0.6 is 0 Å². The Morgan fingerprint density at radius 1 is 1.31 bits per heavy atom. The number of carbonyl (C=O) groups excluding carboxylic acids is 1. The molecule has 0 spiro atoms. The molecule has 2 aliphatic heterocycles. The van der Waals surface area contributed by atoms with Crippen molar-refractivity contribution in [2.45, 2.75) is 50.2 Å². The zero-order valence-electron chi connectivity index (χ0n) is 14.7. The third kappa shape index (κ3) is 3.49. The molecule has 0 aliphatic carbocycles. The van der Waals surface area contributed by atoms with Gasteiger partial charge in [-0.05, 0) is 37.1 Å². The van der Waals surface area contributed by atoms with E-state index in [1.54, 1.807) is 23.1 Å². The van der Waals surface area contributed by atoms with E-state index in [2.05, 4.69) is 15.4 Å². The monoisotopic (exact) mass is 357 g/mol. The van der Waals surface area contributed by atoms with E-state index in [0.29, 0.717) is 6.54 Å². The van der Waals surface area contributed by atoms with Crippen molar-refractivity contribution >= 4 is 5.91 Å². The van der Waals surface area contributed by atoms with Crippen molar-refractivity contribution in [1.82, 2.24) is 25.0 Å². The first-order chi connectivity index (χ1) is 12.7. The standard InChI is InChI=1S/C19H24FN5O/c20-15-6-4-5-14(9-15)16-10-25(18(26)11-24-13-21-12-23-24)17-7-2-1-3-8-22-19(16)17/h4-6,9,12-13,16-17,19,22H,1-3,7-8,10-11H2/t16-,17+,19-/m0/s1. The van der Waals surface area contributed by atoms with E-state index in [4.69, 9.17) is 0 Å². The summed E-state index contributed by atoms with van der Waals surface area (Å²) in [5.41, 5.74) is 0.962. The van der Waals surface area contributed by atoms with Crippen molar-refractivity contribution in [2.24, 2.45) is 0 Å². The summed E-state index contributed by atoms with van der Waals surface area (Å²) in [6.45, 7) is 1.75. The number of hydrogen-bond acceptors (Lipinski definition) is 4. The van der Waals surface area contributed by atoms with E-state index in [1.165, 1.54) is 18.8 Å². The fourth-order valence-corrected chi connectivity index (χ4v) is 4.34. The Labute approximate surface area is 152 Å². The quantitative estimate of drug-likeness (QED) is 0.912. The molecular formula is C19H24FN5O. The van der Waals surface area contributed by atoms with Crippen LogP contribution in [0.4, 0.5) is 4.39 Å². The zero-order valence-corrected chi connectivity index (χ0v) is 14.7. The van der Waals surface area contributed by atoms with Gasteiger partial charge in [0.15, 0.2) is 0 Å². The maximum absolute atomic E-state index is 13.8. The predicted molar refractivity (Wildman–Crippen MR) is 94.9 cm³/mol. The molecule has 3 atom stereocenters. The van der Waals surface area contributed by atoms with Gasteiger partial charge in [0, 0.05) is 24.5 Å². The average Bonchev–Trinajstić information content (AvgIpc) is 3.22. The molecule has 1 N–H and O–H groups in total. The Morgan fingerprint density at radius 3 is 3.04 bits per heavy atom. The van der Waals surface area contributed by atoms with Crippen molar-refractivity contribution in [3.05, 3.63) is 48.3 Å². The number of nitrogens with zero attached hydrogens (tertiary/aromatic N) is 4. The van der Waals surface area contributed by atoms with Crippen molar-refractivity contribution in [3.8, 4) is 0 Å². The average molecular weight is 357 g/mol. The highest BCUT2D eigenvalue weighted by atomic mass is 19.1. The summed E-state index contributed by atoms with van der Waals surface area (Å²) in [5.74, 6) is -0.0717. The van der Waals surface area contributed by atoms with Crippen LogP contribution in [0.15, 0.2) is 36.9 Å². The first-order valence-electron chi connectivity index (χ1n) is 9.33. The van der Waals surface area contributed by atoms with Gasteiger partial charge in [0.2, 0.25) is 5.91 Å². The van der Waals surface area contributed by atoms with Gasteiger partial charge in [-0.3, -0.25) is 4.79 Å². The Morgan fingerprint density at radius 2 is 2.23 bits per heavy atom. The molecule has 2 aliphatic rings. The van der Waals surface area contributed by atoms with Gasteiger partial charge >= 0.3 is 0 Å². The topological polar surface area (TPSA) is 63.1 Å². The van der Waals surface area contributed by atoms with Crippen LogP contribution in [0.1, 0.15) is 37.2 Å². The SMILES string of the molecule is O=C(Cn1cncn1)N1C[C@@H](c2cccc(F)c2)[C@@H]2NCCCCC[C@H]21. The number of halogens is 1. The Kier molecular flexibility index (Phi) is 4.97. The Hall–Kier alpha value is -2.28. The summed E-state index contributed by atoms with van der Waals surface area (Å²) in [4.78, 5) is 18.8. The highest BCUT2D eigenvalue weighted by molar-refractivity contribution is 5.77. The number of amides is 1. The first-order valence-corrected chi connectivity index (χ1v) is 9.33. The molecular weight excluding hydrogens is 333 g/mol. The van der Waals surface area contributed by atoms with Gasteiger partial charge in [-0.2, -0.15) is 5.10 Å². The van der Waals surface area contributed by atoms with Crippen LogP contribution in [0.25, 0.3) is 0 Å². The second-order valence-electron chi connectivity index (χ2n) is 7.20. The van der Waals surface area contributed by atoms with Gasteiger partial charge in [-0.1, -0.05) is 25.0 Å². The molecule has 2 aromatic rings. The lowest BCUT2D eigenvalue weighted by molar-refractivity contribution is -0.133. The number of aromatic nitrogens is 3. The molecule has 1 aromatic carbocycles. The van der Waals surface area contributed by atoms with E-state index in [-0.39, 0.29) is 36.3 Å². The third-order valence-electron chi connectivity index (χ3n) is 5.56. The molecule has 2 fully saturated rings. The Bertz CT molecular complexity index is 750. The minimum atomic E-state index is -0.225. The number of rotatable bonds is 3. The number of hydrogen-bond donors (Lipinski definition) is 1. The number of benzene rings is 1. The van der Waals surface area contributed by atoms with Gasteiger partial charge in [-0.25, -0.2) is 14.1 Å². The lowest BCUT2D eigenvalue weighted by atomic mass is 9.88. The van der Waals surface area contributed by atoms with Gasteiger partial charge in [0.25, 0.3) is 0 Å². The fraction of sp³-hybridized carbons (Fsp3) is 0.526. The molecule has 6 nitrogen and oxygen atoms in total. The molecule has 0 saturated carbocycles. The fourth-order valence-electron chi connectivity index (χ4n) is 4.34. The smallest absolute Gasteiger partial charge is 0.244 e. The lowest BCUT2D eigenvalue weighted by Gasteiger charge is -2.31. The van der Waals surface area contributed by atoms with E-state index < -0.39 is 0 Å². The van der Waals surface area contributed by atoms with Gasteiger partial charge < -0.3 is 10.2 Å². The van der Waals surface area contributed by atoms with Crippen LogP contribution in [0.2, 0.25) is 0 Å².